The van der Waals surface area contributed by atoms with Crippen LogP contribution in [0.5, 0.6) is 0 Å². The van der Waals surface area contributed by atoms with Crippen LogP contribution in [0.1, 0.15) is 18.4 Å². The minimum Gasteiger partial charge on any atom is -0.224 e. The topological polar surface area (TPSA) is 34.1 Å². The fourth-order valence-electron chi connectivity index (χ4n) is 1.37. The predicted molar refractivity (Wildman–Crippen MR) is 66.5 cm³/mol. The van der Waals surface area contributed by atoms with Gasteiger partial charge in [-0.3, -0.25) is 0 Å². The van der Waals surface area contributed by atoms with Crippen molar-refractivity contribution in [2.45, 2.75) is 23.9 Å². The molecule has 2 nitrogen and oxygen atoms in total. The Hall–Kier alpha value is -0.560. The van der Waals surface area contributed by atoms with Crippen LogP contribution in [0.15, 0.2) is 29.2 Å². The van der Waals surface area contributed by atoms with Crippen LogP contribution in [0.25, 0.3) is 0 Å². The first-order chi connectivity index (χ1) is 8.27. The molecule has 0 spiro atoms. The van der Waals surface area contributed by atoms with E-state index in [1.165, 1.54) is 6.07 Å². The molecule has 0 saturated heterocycles. The number of halogens is 4. The van der Waals surface area contributed by atoms with E-state index >= 15 is 0 Å². The molecule has 0 heterocycles. The SMILES string of the molecule is O=S(=O)(CCCCBr)c1cccc(C(F)(F)F)c1. The molecule has 1 rings (SSSR count). The number of sulfone groups is 1. The van der Waals surface area contributed by atoms with Gasteiger partial charge in [-0.25, -0.2) is 8.42 Å². The molecule has 0 fully saturated rings. The van der Waals surface area contributed by atoms with Gasteiger partial charge in [0.2, 0.25) is 0 Å². The lowest BCUT2D eigenvalue weighted by molar-refractivity contribution is -0.137. The largest absolute Gasteiger partial charge is 0.416 e. The third-order valence-corrected chi connectivity index (χ3v) is 4.68. The summed E-state index contributed by atoms with van der Waals surface area (Å²) in [6, 6.07) is 3.85. The highest BCUT2D eigenvalue weighted by molar-refractivity contribution is 9.09. The lowest BCUT2D eigenvalue weighted by Crippen LogP contribution is -2.10. The maximum atomic E-state index is 12.5. The number of alkyl halides is 4. The number of unbranched alkanes of at least 4 members (excludes halogenated alkanes) is 1. The van der Waals surface area contributed by atoms with Gasteiger partial charge in [0.15, 0.2) is 9.84 Å². The molecule has 0 amide bonds. The molecule has 0 radical (unpaired) electrons. The average Bonchev–Trinajstić information content (AvgIpc) is 2.28. The van der Waals surface area contributed by atoms with Gasteiger partial charge >= 0.3 is 6.18 Å². The van der Waals surface area contributed by atoms with Crippen LogP contribution in [0.2, 0.25) is 0 Å². The molecule has 102 valence electrons. The summed E-state index contributed by atoms with van der Waals surface area (Å²) >= 11 is 3.17. The lowest BCUT2D eigenvalue weighted by atomic mass is 10.2. The molecule has 1 aromatic rings. The van der Waals surface area contributed by atoms with Crippen LogP contribution in [0, 0.1) is 0 Å². The summed E-state index contributed by atoms with van der Waals surface area (Å²) < 4.78 is 61.0. The number of rotatable bonds is 5. The van der Waals surface area contributed by atoms with Gasteiger partial charge in [0, 0.05) is 5.33 Å². The maximum Gasteiger partial charge on any atom is 0.416 e. The highest BCUT2D eigenvalue weighted by Gasteiger charge is 2.31. The number of benzene rings is 1. The van der Waals surface area contributed by atoms with Crippen molar-refractivity contribution in [3.8, 4) is 0 Å². The Labute approximate surface area is 112 Å². The molecular weight excluding hydrogens is 333 g/mol. The highest BCUT2D eigenvalue weighted by atomic mass is 79.9. The first kappa shape index (κ1) is 15.5. The quantitative estimate of drug-likeness (QED) is 0.603. The second-order valence-corrected chi connectivity index (χ2v) is 6.64. The van der Waals surface area contributed by atoms with Gasteiger partial charge < -0.3 is 0 Å². The molecule has 0 aliphatic rings. The Morgan fingerprint density at radius 1 is 1.17 bits per heavy atom. The van der Waals surface area contributed by atoms with Gasteiger partial charge in [-0.15, -0.1) is 0 Å². The minimum absolute atomic E-state index is 0.139. The van der Waals surface area contributed by atoms with Gasteiger partial charge in [-0.2, -0.15) is 13.2 Å². The third-order valence-electron chi connectivity index (χ3n) is 2.32. The van der Waals surface area contributed by atoms with E-state index in [4.69, 9.17) is 0 Å². The second-order valence-electron chi connectivity index (χ2n) is 3.74. The summed E-state index contributed by atoms with van der Waals surface area (Å²) in [6.45, 7) is 0. The van der Waals surface area contributed by atoms with Crippen LogP contribution in [0.4, 0.5) is 13.2 Å². The second kappa shape index (κ2) is 6.06. The van der Waals surface area contributed by atoms with E-state index in [1.54, 1.807) is 0 Å². The summed E-state index contributed by atoms with van der Waals surface area (Å²) in [5.41, 5.74) is -0.941. The molecule has 18 heavy (non-hydrogen) atoms. The maximum absolute atomic E-state index is 12.5. The van der Waals surface area contributed by atoms with Crippen molar-refractivity contribution in [3.05, 3.63) is 29.8 Å². The fraction of sp³-hybridized carbons (Fsp3) is 0.455. The summed E-state index contributed by atoms with van der Waals surface area (Å²) in [6.07, 6.45) is -3.44. The predicted octanol–water partition coefficient (Wildman–Crippen LogP) is 3.65. The monoisotopic (exact) mass is 344 g/mol. The zero-order valence-electron chi connectivity index (χ0n) is 9.37. The van der Waals surface area contributed by atoms with Crippen molar-refractivity contribution in [1.29, 1.82) is 0 Å². The lowest BCUT2D eigenvalue weighted by Gasteiger charge is -2.09. The Morgan fingerprint density at radius 2 is 1.83 bits per heavy atom. The van der Waals surface area contributed by atoms with Gasteiger partial charge in [0.1, 0.15) is 0 Å². The van der Waals surface area contributed by atoms with Crippen molar-refractivity contribution in [3.63, 3.8) is 0 Å². The van der Waals surface area contributed by atoms with Crippen LogP contribution in [-0.2, 0) is 16.0 Å². The van der Waals surface area contributed by atoms with Gasteiger partial charge in [0.05, 0.1) is 16.2 Å². The Morgan fingerprint density at radius 3 is 2.39 bits per heavy atom. The number of hydrogen-bond donors (Lipinski definition) is 0. The normalized spacial score (nSPS) is 12.7. The third kappa shape index (κ3) is 4.28. The van der Waals surface area contributed by atoms with Crippen LogP contribution >= 0.6 is 15.9 Å². The Bertz CT molecular complexity index is 497. The molecule has 0 bridgehead atoms. The van der Waals surface area contributed by atoms with Crippen molar-refractivity contribution in [1.82, 2.24) is 0 Å². The standard InChI is InChI=1S/C11H12BrF3O2S/c12-6-1-2-7-18(16,17)10-5-3-4-9(8-10)11(13,14)15/h3-5,8H,1-2,6-7H2. The molecule has 0 aliphatic carbocycles. The summed E-state index contributed by atoms with van der Waals surface area (Å²) in [4.78, 5) is -0.271. The van der Waals surface area contributed by atoms with Crippen molar-refractivity contribution in [2.75, 3.05) is 11.1 Å². The van der Waals surface area contributed by atoms with E-state index in [0.717, 1.165) is 12.1 Å². The van der Waals surface area contributed by atoms with Crippen LogP contribution in [-0.4, -0.2) is 19.5 Å². The molecule has 0 unspecified atom stereocenters. The summed E-state index contributed by atoms with van der Waals surface area (Å²) in [7, 11) is -3.64. The molecule has 1 aromatic carbocycles. The number of hydrogen-bond acceptors (Lipinski definition) is 2. The van der Waals surface area contributed by atoms with E-state index in [0.29, 0.717) is 24.2 Å². The summed E-state index contributed by atoms with van der Waals surface area (Å²) in [5, 5.41) is 0.672. The zero-order valence-corrected chi connectivity index (χ0v) is 11.8. The van der Waals surface area contributed by atoms with E-state index < -0.39 is 21.6 Å². The fourth-order valence-corrected chi connectivity index (χ4v) is 3.18. The molecule has 0 saturated carbocycles. The van der Waals surface area contributed by atoms with Crippen molar-refractivity contribution < 1.29 is 21.6 Å². The van der Waals surface area contributed by atoms with Crippen LogP contribution in [0.3, 0.4) is 0 Å². The molecule has 7 heteroatoms. The van der Waals surface area contributed by atoms with Crippen molar-refractivity contribution >= 4 is 25.8 Å². The van der Waals surface area contributed by atoms with Crippen LogP contribution < -0.4 is 0 Å². The molecule has 0 N–H and O–H groups in total. The molecule has 0 aliphatic heterocycles. The smallest absolute Gasteiger partial charge is 0.224 e. The van der Waals surface area contributed by atoms with E-state index in [-0.39, 0.29) is 10.6 Å². The Kier molecular flexibility index (Phi) is 5.21. The van der Waals surface area contributed by atoms with E-state index in [2.05, 4.69) is 15.9 Å². The molecular formula is C11H12BrF3O2S. The van der Waals surface area contributed by atoms with Crippen molar-refractivity contribution in [2.24, 2.45) is 0 Å². The van der Waals surface area contributed by atoms with Gasteiger partial charge in [-0.1, -0.05) is 22.0 Å². The summed E-state index contributed by atoms with van der Waals surface area (Å²) in [5.74, 6) is -0.139. The van der Waals surface area contributed by atoms with Gasteiger partial charge in [0.25, 0.3) is 0 Å². The first-order valence-corrected chi connectivity index (χ1v) is 8.01. The zero-order chi connectivity index (χ0) is 13.8. The highest BCUT2D eigenvalue weighted by Crippen LogP contribution is 2.30. The van der Waals surface area contributed by atoms with E-state index in [1.807, 2.05) is 0 Å². The van der Waals surface area contributed by atoms with E-state index in [9.17, 15) is 21.6 Å². The molecule has 0 aromatic heterocycles. The minimum atomic E-state index is -4.53. The first-order valence-electron chi connectivity index (χ1n) is 5.23. The molecule has 0 atom stereocenters. The van der Waals surface area contributed by atoms with Gasteiger partial charge in [-0.05, 0) is 31.0 Å². The average molecular weight is 345 g/mol. The Balaban J connectivity index is 2.96.